The van der Waals surface area contributed by atoms with Crippen LogP contribution in [0.1, 0.15) is 13.3 Å². The van der Waals surface area contributed by atoms with Crippen LogP contribution in [0, 0.1) is 0 Å². The summed E-state index contributed by atoms with van der Waals surface area (Å²) in [6, 6.07) is 0. The molecule has 2 saturated heterocycles. The molecule has 0 spiro atoms. The van der Waals surface area contributed by atoms with Crippen LogP contribution < -0.4 is 0 Å². The van der Waals surface area contributed by atoms with Crippen molar-refractivity contribution in [2.45, 2.75) is 37.3 Å². The highest BCUT2D eigenvalue weighted by atomic mass is 32.5. The van der Waals surface area contributed by atoms with Crippen molar-refractivity contribution in [1.82, 2.24) is 0 Å². The summed E-state index contributed by atoms with van der Waals surface area (Å²) in [4.78, 5) is 18.4. The molecule has 3 N–H and O–H groups in total. The second-order valence-corrected chi connectivity index (χ2v) is 6.77. The largest absolute Gasteiger partial charge is 0.393 e. The molecule has 2 aliphatic heterocycles. The monoisotopic (exact) mass is 270 g/mol. The predicted molar refractivity (Wildman–Crippen MR) is 58.3 cm³/mol. The topological polar surface area (TPSA) is 88.4 Å². The van der Waals surface area contributed by atoms with E-state index in [0.717, 1.165) is 0 Å². The van der Waals surface area contributed by atoms with Crippen molar-refractivity contribution in [3.63, 3.8) is 0 Å². The molecular weight excluding hydrogens is 255 g/mol. The molecule has 0 aromatic carbocycles. The molecule has 16 heavy (non-hydrogen) atoms. The molecule has 8 heteroatoms. The molecule has 0 aliphatic carbocycles. The fourth-order valence-electron chi connectivity index (χ4n) is 2.35. The lowest BCUT2D eigenvalue weighted by atomic mass is 9.90. The van der Waals surface area contributed by atoms with Crippen LogP contribution in [0.15, 0.2) is 0 Å². The number of ether oxygens (including phenoxy) is 2. The lowest BCUT2D eigenvalue weighted by Gasteiger charge is -2.37. The maximum atomic E-state index is 9.41. The lowest BCUT2D eigenvalue weighted by Crippen LogP contribution is -2.52. The molecule has 6 nitrogen and oxygen atoms in total. The first kappa shape index (κ1) is 12.9. The first-order chi connectivity index (χ1) is 7.38. The summed E-state index contributed by atoms with van der Waals surface area (Å²) in [6.45, 7) is -1.79. The van der Waals surface area contributed by atoms with Gasteiger partial charge >= 0.3 is 6.72 Å². The van der Waals surface area contributed by atoms with Gasteiger partial charge in [-0.25, -0.2) is 0 Å². The van der Waals surface area contributed by atoms with Gasteiger partial charge in [0.2, 0.25) is 0 Å². The molecule has 1 unspecified atom stereocenters. The Hall–Kier alpha value is 0.410. The van der Waals surface area contributed by atoms with Crippen molar-refractivity contribution in [3.05, 3.63) is 0 Å². The number of hydrogen-bond acceptors (Lipinski definition) is 5. The Kier molecular flexibility index (Phi) is 3.42. The van der Waals surface area contributed by atoms with Crippen molar-refractivity contribution in [2.75, 3.05) is 13.2 Å². The normalized spacial score (nSPS) is 43.6. The SMILES string of the molecule is C[C@@H]1O[C@]2(CO)CCO[C@H]1C2OP(O)(O)=S. The van der Waals surface area contributed by atoms with E-state index in [1.54, 1.807) is 6.92 Å². The smallest absolute Gasteiger partial charge is 0.322 e. The Morgan fingerprint density at radius 3 is 2.81 bits per heavy atom. The van der Waals surface area contributed by atoms with E-state index < -0.39 is 24.5 Å². The molecule has 0 saturated carbocycles. The zero-order valence-corrected chi connectivity index (χ0v) is 10.5. The van der Waals surface area contributed by atoms with Crippen LogP contribution >= 0.6 is 6.72 Å². The second-order valence-electron chi connectivity index (χ2n) is 4.15. The molecule has 0 aromatic heterocycles. The quantitative estimate of drug-likeness (QED) is 0.597. The Bertz CT molecular complexity index is 320. The van der Waals surface area contributed by atoms with E-state index in [0.29, 0.717) is 13.0 Å². The Morgan fingerprint density at radius 1 is 1.56 bits per heavy atom. The number of aliphatic hydroxyl groups excluding tert-OH is 1. The van der Waals surface area contributed by atoms with Gasteiger partial charge in [-0.2, -0.15) is 0 Å². The second kappa shape index (κ2) is 4.26. The van der Waals surface area contributed by atoms with Crippen molar-refractivity contribution in [3.8, 4) is 0 Å². The number of aliphatic hydroxyl groups is 1. The van der Waals surface area contributed by atoms with Crippen molar-refractivity contribution < 1.29 is 28.9 Å². The van der Waals surface area contributed by atoms with Gasteiger partial charge in [0.15, 0.2) is 0 Å². The van der Waals surface area contributed by atoms with Crippen LogP contribution in [0.4, 0.5) is 0 Å². The van der Waals surface area contributed by atoms with Gasteiger partial charge in [0.05, 0.1) is 19.3 Å². The fourth-order valence-corrected chi connectivity index (χ4v) is 3.24. The molecule has 2 fully saturated rings. The average Bonchev–Trinajstić information content (AvgIpc) is 2.33. The maximum Gasteiger partial charge on any atom is 0.322 e. The average molecular weight is 270 g/mol. The zero-order chi connectivity index (χ0) is 12.0. The third-order valence-corrected chi connectivity index (χ3v) is 3.81. The van der Waals surface area contributed by atoms with Gasteiger partial charge < -0.3 is 24.4 Å². The van der Waals surface area contributed by atoms with Gasteiger partial charge in [-0.3, -0.25) is 4.52 Å². The standard InChI is InChI=1S/C8H15O6PS/c1-5-6-7(14-15(10,11)16)8(4-9,13-5)2-3-12-6/h5-7,9H,2-4H2,1H3,(H2,10,11,16)/t5-,6+,7?,8-/m0/s1. The summed E-state index contributed by atoms with van der Waals surface area (Å²) in [5, 5.41) is 9.41. The third-order valence-electron chi connectivity index (χ3n) is 3.05. The van der Waals surface area contributed by atoms with Gasteiger partial charge in [-0.15, -0.1) is 0 Å². The van der Waals surface area contributed by atoms with E-state index in [-0.39, 0.29) is 12.7 Å². The van der Waals surface area contributed by atoms with E-state index in [2.05, 4.69) is 11.8 Å². The highest BCUT2D eigenvalue weighted by Gasteiger charge is 2.58. The Labute approximate surface area is 98.4 Å². The zero-order valence-electron chi connectivity index (χ0n) is 8.78. The van der Waals surface area contributed by atoms with Crippen LogP contribution in [0.25, 0.3) is 0 Å². The molecule has 2 aliphatic rings. The fraction of sp³-hybridized carbons (Fsp3) is 1.00. The van der Waals surface area contributed by atoms with Gasteiger partial charge in [0.25, 0.3) is 0 Å². The summed E-state index contributed by atoms with van der Waals surface area (Å²) in [5.74, 6) is 0. The van der Waals surface area contributed by atoms with Crippen LogP contribution in [-0.2, 0) is 25.8 Å². The van der Waals surface area contributed by atoms with E-state index in [1.165, 1.54) is 0 Å². The minimum Gasteiger partial charge on any atom is -0.393 e. The van der Waals surface area contributed by atoms with Crippen molar-refractivity contribution in [2.24, 2.45) is 0 Å². The third kappa shape index (κ3) is 2.19. The van der Waals surface area contributed by atoms with Crippen molar-refractivity contribution in [1.29, 1.82) is 0 Å². The summed E-state index contributed by atoms with van der Waals surface area (Å²) < 4.78 is 16.1. The van der Waals surface area contributed by atoms with E-state index in [4.69, 9.17) is 14.0 Å². The maximum absolute atomic E-state index is 9.41. The molecule has 2 heterocycles. The van der Waals surface area contributed by atoms with Crippen LogP contribution in [0.3, 0.4) is 0 Å². The molecule has 2 rings (SSSR count). The van der Waals surface area contributed by atoms with Crippen LogP contribution in [-0.4, -0.2) is 52.0 Å². The molecule has 4 atom stereocenters. The van der Waals surface area contributed by atoms with Gasteiger partial charge in [0, 0.05) is 6.42 Å². The number of hydrogen-bond donors (Lipinski definition) is 3. The minimum atomic E-state index is -3.79. The number of rotatable bonds is 3. The Balaban J connectivity index is 2.24. The van der Waals surface area contributed by atoms with Crippen LogP contribution in [0.5, 0.6) is 0 Å². The summed E-state index contributed by atoms with van der Waals surface area (Å²) >= 11 is 4.44. The summed E-state index contributed by atoms with van der Waals surface area (Å²) in [5.41, 5.74) is -0.919. The van der Waals surface area contributed by atoms with Crippen molar-refractivity contribution >= 4 is 18.5 Å². The van der Waals surface area contributed by atoms with Gasteiger partial charge in [-0.05, 0) is 18.7 Å². The first-order valence-electron chi connectivity index (χ1n) is 5.02. The molecular formula is C8H15O6PS. The molecule has 2 bridgehead atoms. The highest BCUT2D eigenvalue weighted by molar-refractivity contribution is 8.06. The molecule has 0 radical (unpaired) electrons. The van der Waals surface area contributed by atoms with E-state index in [9.17, 15) is 14.9 Å². The Morgan fingerprint density at radius 2 is 2.25 bits per heavy atom. The highest BCUT2D eigenvalue weighted by Crippen LogP contribution is 2.49. The lowest BCUT2D eigenvalue weighted by molar-refractivity contribution is -0.132. The molecule has 0 aromatic rings. The first-order valence-corrected chi connectivity index (χ1v) is 7.65. The van der Waals surface area contributed by atoms with Gasteiger partial charge in [-0.1, -0.05) is 0 Å². The minimum absolute atomic E-state index is 0.253. The van der Waals surface area contributed by atoms with E-state index in [1.807, 2.05) is 0 Å². The molecule has 0 amide bonds. The van der Waals surface area contributed by atoms with Crippen LogP contribution in [0.2, 0.25) is 0 Å². The predicted octanol–water partition coefficient (Wildman–Crippen LogP) is -0.481. The van der Waals surface area contributed by atoms with Gasteiger partial charge in [0.1, 0.15) is 17.8 Å². The van der Waals surface area contributed by atoms with E-state index >= 15 is 0 Å². The number of fused-ring (bicyclic) bond motifs is 2. The molecule has 94 valence electrons. The summed E-state index contributed by atoms with van der Waals surface area (Å²) in [6.07, 6.45) is -0.949. The summed E-state index contributed by atoms with van der Waals surface area (Å²) in [7, 11) is 0.